The number of amides is 5. The van der Waals surface area contributed by atoms with Crippen LogP contribution in [0.25, 0.3) is 21.3 Å². The number of carbonyl (C=O) groups is 5. The van der Waals surface area contributed by atoms with Gasteiger partial charge in [0.2, 0.25) is 29.5 Å². The molecule has 0 unspecified atom stereocenters. The highest BCUT2D eigenvalue weighted by molar-refractivity contribution is 7.13. The van der Waals surface area contributed by atoms with Gasteiger partial charge in [0.25, 0.3) is 0 Å². The van der Waals surface area contributed by atoms with E-state index in [0.717, 1.165) is 67.5 Å². The number of ether oxygens (including phenoxy) is 1. The number of aryl methyl sites for hydroxylation is 1. The lowest BCUT2D eigenvalue weighted by molar-refractivity contribution is -0.144. The predicted molar refractivity (Wildman–Crippen MR) is 300 cm³/mol. The summed E-state index contributed by atoms with van der Waals surface area (Å²) < 4.78 is 20.0. The van der Waals surface area contributed by atoms with Gasteiger partial charge in [-0.05, 0) is 60.2 Å². The van der Waals surface area contributed by atoms with E-state index in [2.05, 4.69) is 57.5 Å². The summed E-state index contributed by atoms with van der Waals surface area (Å²) in [6, 6.07) is 13.8. The third kappa shape index (κ3) is 15.1. The number of likely N-dealkylation sites (tertiary alicyclic amines) is 1. The number of hydrogen-bond acceptors (Lipinski definition) is 15. The molecule has 5 amide bonds. The highest BCUT2D eigenvalue weighted by atomic mass is 35.5. The predicted octanol–water partition coefficient (Wildman–Crippen LogP) is 5.84. The van der Waals surface area contributed by atoms with E-state index < -0.39 is 41.2 Å². The molecule has 5 aromatic rings. The first-order valence-corrected chi connectivity index (χ1v) is 27.7. The minimum atomic E-state index is -0.906. The number of benzene rings is 3. The molecule has 19 nitrogen and oxygen atoms in total. The number of rotatable bonds is 21. The summed E-state index contributed by atoms with van der Waals surface area (Å²) in [7, 11) is 0. The lowest BCUT2D eigenvalue weighted by Crippen LogP contribution is -2.58. The molecule has 0 spiro atoms. The minimum absolute atomic E-state index is 0.00306. The maximum Gasteiger partial charge on any atom is 0.247 e. The van der Waals surface area contributed by atoms with E-state index in [4.69, 9.17) is 16.3 Å². The first-order valence-electron chi connectivity index (χ1n) is 26.5. The molecule has 8 rings (SSSR count). The molecular formula is C56H70ClFN12O7S. The molecule has 0 aliphatic carbocycles. The molecule has 5 N–H and O–H groups in total. The number of thiazole rings is 1. The van der Waals surface area contributed by atoms with Crippen LogP contribution in [0, 0.1) is 18.2 Å². The van der Waals surface area contributed by atoms with Crippen LogP contribution in [-0.4, -0.2) is 177 Å². The number of nitrogens with one attached hydrogen (secondary N) is 4. The van der Waals surface area contributed by atoms with Crippen molar-refractivity contribution in [2.75, 3.05) is 95.8 Å². The number of aliphatic hydroxyl groups is 1. The van der Waals surface area contributed by atoms with Crippen molar-refractivity contribution in [2.45, 2.75) is 78.1 Å². The van der Waals surface area contributed by atoms with Gasteiger partial charge >= 0.3 is 0 Å². The number of halogens is 2. The van der Waals surface area contributed by atoms with Gasteiger partial charge in [-0.15, -0.1) is 11.3 Å². The minimum Gasteiger partial charge on any atom is -0.491 e. The Kier molecular flexibility index (Phi) is 19.4. The standard InChI is InChI=1S/C56H70ClFN12O7S/c1-6-48(72)64-45-30-41-44(60-34-61-53(41)63-39-12-13-43(58)42(57)28-39)31-47(45)77-27-7-16-66-23-25-69(26-24-66)50(74)15-18-68-21-19-67(20-22-68)17-14-49(73)65-52(56(3,4)5)55(76)70-33-40(71)29-46(70)54(75)59-32-37-8-10-38(11-9-37)51-36(2)62-35-78-51/h6,8-13,28,30-31,34-35,40,46,52,71H,1,7,14-27,29,32-33H2,2-5H3,(H,59,75)(H,64,72)(H,65,73)(H,60,61,63)/t40-,46+,52-/m1/s1. The van der Waals surface area contributed by atoms with Crippen molar-refractivity contribution in [1.82, 2.24) is 50.1 Å². The summed E-state index contributed by atoms with van der Waals surface area (Å²) in [5.41, 5.74) is 5.56. The second-order valence-corrected chi connectivity index (χ2v) is 22.3. The molecule has 0 radical (unpaired) electrons. The van der Waals surface area contributed by atoms with Crippen LogP contribution in [0.4, 0.5) is 21.6 Å². The van der Waals surface area contributed by atoms with Gasteiger partial charge in [-0.2, -0.15) is 0 Å². The van der Waals surface area contributed by atoms with Crippen LogP contribution >= 0.6 is 22.9 Å². The van der Waals surface area contributed by atoms with E-state index in [1.54, 1.807) is 29.5 Å². The summed E-state index contributed by atoms with van der Waals surface area (Å²) in [6.45, 7) is 19.5. The van der Waals surface area contributed by atoms with Crippen molar-refractivity contribution in [1.29, 1.82) is 0 Å². The fourth-order valence-electron chi connectivity index (χ4n) is 9.91. The maximum absolute atomic E-state index is 14.2. The van der Waals surface area contributed by atoms with Crippen LogP contribution in [0.2, 0.25) is 5.02 Å². The number of piperazine rings is 2. The lowest BCUT2D eigenvalue weighted by atomic mass is 9.85. The normalized spacial score (nSPS) is 17.9. The highest BCUT2D eigenvalue weighted by Gasteiger charge is 2.44. The third-order valence-electron chi connectivity index (χ3n) is 14.4. The van der Waals surface area contributed by atoms with Crippen LogP contribution in [0.1, 0.15) is 57.7 Å². The molecule has 3 fully saturated rings. The van der Waals surface area contributed by atoms with Crippen LogP contribution in [0.5, 0.6) is 5.75 Å². The Morgan fingerprint density at radius 2 is 1.60 bits per heavy atom. The zero-order chi connectivity index (χ0) is 55.5. The summed E-state index contributed by atoms with van der Waals surface area (Å²) in [4.78, 5) is 91.3. The van der Waals surface area contributed by atoms with Gasteiger partial charge in [0.05, 0.1) is 45.0 Å². The van der Waals surface area contributed by atoms with E-state index in [0.29, 0.717) is 79.5 Å². The third-order valence-corrected chi connectivity index (χ3v) is 15.7. The number of aromatic nitrogens is 3. The van der Waals surface area contributed by atoms with Gasteiger partial charge in [-0.1, -0.05) is 63.2 Å². The molecule has 3 aromatic carbocycles. The van der Waals surface area contributed by atoms with Gasteiger partial charge in [0, 0.05) is 121 Å². The number of hydrogen-bond donors (Lipinski definition) is 5. The first-order chi connectivity index (χ1) is 37.4. The molecular weight excluding hydrogens is 1040 g/mol. The van der Waals surface area contributed by atoms with Gasteiger partial charge < -0.3 is 50.7 Å². The first kappa shape index (κ1) is 57.6. The van der Waals surface area contributed by atoms with Gasteiger partial charge in [-0.25, -0.2) is 19.3 Å². The molecule has 78 heavy (non-hydrogen) atoms. The van der Waals surface area contributed by atoms with Crippen molar-refractivity contribution < 1.29 is 38.2 Å². The van der Waals surface area contributed by atoms with Crippen LogP contribution in [0.15, 0.2) is 79.1 Å². The monoisotopic (exact) mass is 1110 g/mol. The molecule has 22 heteroatoms. The van der Waals surface area contributed by atoms with E-state index >= 15 is 0 Å². The Labute approximate surface area is 463 Å². The van der Waals surface area contributed by atoms with Crippen LogP contribution < -0.4 is 26.0 Å². The second kappa shape index (κ2) is 26.4. The quantitative estimate of drug-likeness (QED) is 0.0431. The molecule has 3 aliphatic rings. The molecule has 3 aliphatic heterocycles. The highest BCUT2D eigenvalue weighted by Crippen LogP contribution is 2.35. The average molecular weight is 1110 g/mol. The Balaban J connectivity index is 0.720. The van der Waals surface area contributed by atoms with Gasteiger partial charge in [0.15, 0.2) is 0 Å². The Morgan fingerprint density at radius 3 is 2.27 bits per heavy atom. The largest absolute Gasteiger partial charge is 0.491 e. The van der Waals surface area contributed by atoms with Crippen molar-refractivity contribution in [2.24, 2.45) is 5.41 Å². The van der Waals surface area contributed by atoms with Crippen molar-refractivity contribution in [3.63, 3.8) is 0 Å². The SMILES string of the molecule is C=CC(=O)Nc1cc2c(Nc3ccc(F)c(Cl)c3)ncnc2cc1OCCCN1CCN(C(=O)CCN2CCN(CCC(=O)N[C@H](C(=O)N3C[C@H](O)C[C@H]3C(=O)NCc3ccc(-c4scnc4C)cc3)C(C)(C)C)CC2)CC1. The fraction of sp³-hybridized carbons (Fsp3) is 0.464. The van der Waals surface area contributed by atoms with E-state index in [1.807, 2.05) is 62.4 Å². The molecule has 2 aromatic heterocycles. The Hall–Kier alpha value is -6.62. The zero-order valence-corrected chi connectivity index (χ0v) is 46.3. The average Bonchev–Trinajstić information content (AvgIpc) is 4.08. The number of aliphatic hydroxyl groups excluding tert-OH is 1. The lowest BCUT2D eigenvalue weighted by Gasteiger charge is -2.37. The maximum atomic E-state index is 14.2. The van der Waals surface area contributed by atoms with Crippen LogP contribution in [0.3, 0.4) is 0 Å². The van der Waals surface area contributed by atoms with Crippen molar-refractivity contribution in [3.05, 3.63) is 101 Å². The molecule has 5 heterocycles. The topological polar surface area (TPSA) is 218 Å². The molecule has 0 bridgehead atoms. The summed E-state index contributed by atoms with van der Waals surface area (Å²) in [6.07, 6.45) is 3.14. The summed E-state index contributed by atoms with van der Waals surface area (Å²) in [5.74, 6) is -0.967. The van der Waals surface area contributed by atoms with Crippen LogP contribution in [-0.2, 0) is 30.5 Å². The number of β-amino-alcohol motifs (C(OH)–C–C–N with tert-alkyl or cyclic N) is 1. The van der Waals surface area contributed by atoms with E-state index in [-0.39, 0.29) is 48.7 Å². The number of anilines is 3. The smallest absolute Gasteiger partial charge is 0.247 e. The van der Waals surface area contributed by atoms with E-state index in [1.165, 1.54) is 29.4 Å². The molecule has 0 saturated carbocycles. The summed E-state index contributed by atoms with van der Waals surface area (Å²) in [5, 5.41) is 23.1. The Bertz CT molecular complexity index is 2940. The van der Waals surface area contributed by atoms with Crippen molar-refractivity contribution in [3.8, 4) is 16.2 Å². The molecule has 416 valence electrons. The van der Waals surface area contributed by atoms with Gasteiger partial charge in [0.1, 0.15) is 35.8 Å². The molecule has 3 atom stereocenters. The van der Waals surface area contributed by atoms with E-state index in [9.17, 15) is 33.5 Å². The second-order valence-electron chi connectivity index (χ2n) is 21.1. The Morgan fingerprint density at radius 1 is 0.910 bits per heavy atom. The van der Waals surface area contributed by atoms with Gasteiger partial charge in [-0.3, -0.25) is 28.9 Å². The number of nitrogens with zero attached hydrogens (tertiary/aromatic N) is 8. The number of carbonyl (C=O) groups excluding carboxylic acids is 5. The number of fused-ring (bicyclic) bond motifs is 1. The fourth-order valence-corrected chi connectivity index (χ4v) is 10.9. The van der Waals surface area contributed by atoms with Crippen molar-refractivity contribution >= 4 is 80.6 Å². The summed E-state index contributed by atoms with van der Waals surface area (Å²) >= 11 is 7.56. The molecule has 3 saturated heterocycles. The zero-order valence-electron chi connectivity index (χ0n) is 44.7.